The van der Waals surface area contributed by atoms with Gasteiger partial charge in [0.25, 0.3) is 0 Å². The molecule has 0 aromatic rings. The number of hydrogen-bond acceptors (Lipinski definition) is 3. The van der Waals surface area contributed by atoms with Gasteiger partial charge in [-0.15, -0.1) is 0 Å². The number of hydrogen-bond donors (Lipinski definition) is 3. The molecule has 0 aliphatic carbocycles. The highest BCUT2D eigenvalue weighted by molar-refractivity contribution is 7.81. The van der Waals surface area contributed by atoms with E-state index in [0.717, 1.165) is 57.8 Å². The molecule has 2 atom stereocenters. The fraction of sp³-hybridized carbons (Fsp3) is 0.938. The molecule has 0 amide bonds. The molecule has 0 aromatic carbocycles. The van der Waals surface area contributed by atoms with Crippen molar-refractivity contribution in [2.24, 2.45) is 5.92 Å². The number of thiol groups is 1. The minimum Gasteiger partial charge on any atom is -0.481 e. The maximum atomic E-state index is 11.7. The number of carboxylic acids is 2. The number of unbranched alkanes of at least 4 members (excludes halogenated alkanes) is 22. The van der Waals surface area contributed by atoms with Gasteiger partial charge in [-0.25, -0.2) is 0 Å². The van der Waals surface area contributed by atoms with Crippen LogP contribution in [0.3, 0.4) is 0 Å². The van der Waals surface area contributed by atoms with Gasteiger partial charge >= 0.3 is 11.9 Å². The van der Waals surface area contributed by atoms with E-state index in [9.17, 15) is 14.7 Å². The Hall–Kier alpha value is -0.710. The van der Waals surface area contributed by atoms with Crippen molar-refractivity contribution in [3.63, 3.8) is 0 Å². The second-order valence-corrected chi connectivity index (χ2v) is 12.0. The number of carbonyl (C=O) groups is 2. The molecule has 0 radical (unpaired) electrons. The number of aliphatic carboxylic acids is 2. The van der Waals surface area contributed by atoms with E-state index in [-0.39, 0.29) is 17.6 Å². The highest BCUT2D eigenvalue weighted by atomic mass is 32.1. The van der Waals surface area contributed by atoms with Crippen molar-refractivity contribution in [1.29, 1.82) is 0 Å². The molecule has 0 saturated heterocycles. The molecule has 220 valence electrons. The molecule has 0 bridgehead atoms. The summed E-state index contributed by atoms with van der Waals surface area (Å²) in [6.45, 7) is 2.28. The average molecular weight is 543 g/mol. The number of rotatable bonds is 30. The average Bonchev–Trinajstić information content (AvgIpc) is 2.86. The molecule has 4 nitrogen and oxygen atoms in total. The lowest BCUT2D eigenvalue weighted by molar-refractivity contribution is -0.142. The summed E-state index contributed by atoms with van der Waals surface area (Å²) in [4.78, 5) is 22.2. The molecule has 2 unspecified atom stereocenters. The summed E-state index contributed by atoms with van der Waals surface area (Å²) in [5, 5.41) is 18.3. The molecular weight excluding hydrogens is 480 g/mol. The van der Waals surface area contributed by atoms with Crippen LogP contribution in [0.1, 0.15) is 180 Å². The van der Waals surface area contributed by atoms with Crippen LogP contribution in [0.5, 0.6) is 0 Å². The second kappa shape index (κ2) is 28.3. The lowest BCUT2D eigenvalue weighted by Gasteiger charge is -2.19. The lowest BCUT2D eigenvalue weighted by atomic mass is 9.93. The van der Waals surface area contributed by atoms with Crippen LogP contribution in [0.25, 0.3) is 0 Å². The zero-order valence-corrected chi connectivity index (χ0v) is 25.3. The predicted molar refractivity (Wildman–Crippen MR) is 162 cm³/mol. The Morgan fingerprint density at radius 3 is 1.19 bits per heavy atom. The summed E-state index contributed by atoms with van der Waals surface area (Å²) in [7, 11) is 0. The van der Waals surface area contributed by atoms with Crippen LogP contribution in [0, 0.1) is 5.92 Å². The monoisotopic (exact) mass is 542 g/mol. The first kappa shape index (κ1) is 36.3. The van der Waals surface area contributed by atoms with E-state index in [0.29, 0.717) is 0 Å². The number of carboxylic acid groups (broad SMARTS) is 2. The molecule has 0 spiro atoms. The summed E-state index contributed by atoms with van der Waals surface area (Å²) in [6, 6.07) is 0. The Bertz CT molecular complexity index is 511. The minimum atomic E-state index is -0.696. The normalized spacial score (nSPS) is 13.0. The van der Waals surface area contributed by atoms with Crippen molar-refractivity contribution in [2.45, 2.75) is 186 Å². The van der Waals surface area contributed by atoms with Gasteiger partial charge in [-0.3, -0.25) is 9.59 Å². The lowest BCUT2D eigenvalue weighted by Crippen LogP contribution is -2.24. The third kappa shape index (κ3) is 26.7. The molecule has 0 aromatic heterocycles. The molecule has 37 heavy (non-hydrogen) atoms. The van der Waals surface area contributed by atoms with Crippen LogP contribution in [-0.2, 0) is 9.59 Å². The van der Waals surface area contributed by atoms with Crippen molar-refractivity contribution in [2.75, 3.05) is 0 Å². The van der Waals surface area contributed by atoms with Crippen molar-refractivity contribution < 1.29 is 19.8 Å². The van der Waals surface area contributed by atoms with Gasteiger partial charge < -0.3 is 10.2 Å². The van der Waals surface area contributed by atoms with Gasteiger partial charge in [-0.1, -0.05) is 155 Å². The fourth-order valence-corrected chi connectivity index (χ4v) is 5.74. The Labute approximate surface area is 235 Å². The van der Waals surface area contributed by atoms with Gasteiger partial charge in [0.2, 0.25) is 0 Å². The predicted octanol–water partition coefficient (Wildman–Crippen LogP) is 10.6. The first-order valence-corrected chi connectivity index (χ1v) is 16.6. The second-order valence-electron chi connectivity index (χ2n) is 11.4. The van der Waals surface area contributed by atoms with Crippen LogP contribution in [-0.4, -0.2) is 27.4 Å². The maximum absolute atomic E-state index is 11.7. The van der Waals surface area contributed by atoms with Crippen LogP contribution in [0.15, 0.2) is 0 Å². The topological polar surface area (TPSA) is 74.6 Å². The van der Waals surface area contributed by atoms with Gasteiger partial charge in [-0.05, 0) is 19.3 Å². The van der Waals surface area contributed by atoms with Gasteiger partial charge in [0.05, 0.1) is 5.92 Å². The summed E-state index contributed by atoms with van der Waals surface area (Å²) >= 11 is 4.68. The van der Waals surface area contributed by atoms with Crippen molar-refractivity contribution in [3.05, 3.63) is 0 Å². The largest absolute Gasteiger partial charge is 0.481 e. The van der Waals surface area contributed by atoms with E-state index < -0.39 is 11.9 Å². The third-order valence-electron chi connectivity index (χ3n) is 7.79. The highest BCUT2D eigenvalue weighted by Crippen LogP contribution is 2.24. The molecular formula is C32H62O4S. The van der Waals surface area contributed by atoms with Gasteiger partial charge in [-0.2, -0.15) is 12.6 Å². The van der Waals surface area contributed by atoms with E-state index in [4.69, 9.17) is 5.11 Å². The minimum absolute atomic E-state index is 0.0229. The zero-order valence-electron chi connectivity index (χ0n) is 24.4. The summed E-state index contributed by atoms with van der Waals surface area (Å²) in [5.41, 5.74) is 0. The fourth-order valence-electron chi connectivity index (χ4n) is 5.28. The van der Waals surface area contributed by atoms with E-state index in [1.807, 2.05) is 0 Å². The van der Waals surface area contributed by atoms with E-state index in [1.54, 1.807) is 0 Å². The van der Waals surface area contributed by atoms with E-state index in [1.165, 1.54) is 109 Å². The SMILES string of the molecule is CCCCCCCCCCCCCCCCCC(S)C(CCCCCCCCCCCC(=O)O)C(=O)O. The molecule has 2 N–H and O–H groups in total. The first-order valence-electron chi connectivity index (χ1n) is 16.1. The van der Waals surface area contributed by atoms with E-state index >= 15 is 0 Å². The molecule has 0 rings (SSSR count). The molecule has 0 aliphatic rings. The molecule has 5 heteroatoms. The summed E-state index contributed by atoms with van der Waals surface area (Å²) in [5.74, 6) is -1.69. The summed E-state index contributed by atoms with van der Waals surface area (Å²) < 4.78 is 0. The van der Waals surface area contributed by atoms with Crippen molar-refractivity contribution in [1.82, 2.24) is 0 Å². The molecule has 0 aliphatic heterocycles. The molecule has 0 heterocycles. The van der Waals surface area contributed by atoms with Gasteiger partial charge in [0.15, 0.2) is 0 Å². The van der Waals surface area contributed by atoms with Crippen molar-refractivity contribution >= 4 is 24.6 Å². The molecule has 0 saturated carbocycles. The van der Waals surface area contributed by atoms with Crippen LogP contribution in [0.4, 0.5) is 0 Å². The smallest absolute Gasteiger partial charge is 0.307 e. The third-order valence-corrected chi connectivity index (χ3v) is 8.41. The zero-order chi connectivity index (χ0) is 27.4. The Balaban J connectivity index is 3.56. The van der Waals surface area contributed by atoms with Crippen molar-refractivity contribution in [3.8, 4) is 0 Å². The maximum Gasteiger partial charge on any atom is 0.307 e. The summed E-state index contributed by atoms with van der Waals surface area (Å²) in [6.07, 6.45) is 31.9. The Kier molecular flexibility index (Phi) is 27.8. The van der Waals surface area contributed by atoms with Gasteiger partial charge in [0, 0.05) is 11.7 Å². The van der Waals surface area contributed by atoms with E-state index in [2.05, 4.69) is 19.6 Å². The Morgan fingerprint density at radius 2 is 0.838 bits per heavy atom. The molecule has 0 fully saturated rings. The quantitative estimate of drug-likeness (QED) is 0.0623. The highest BCUT2D eigenvalue weighted by Gasteiger charge is 2.24. The first-order chi connectivity index (χ1) is 18.0. The Morgan fingerprint density at radius 1 is 0.514 bits per heavy atom. The van der Waals surface area contributed by atoms with Crippen LogP contribution in [0.2, 0.25) is 0 Å². The van der Waals surface area contributed by atoms with Crippen LogP contribution >= 0.6 is 12.6 Å². The standard InChI is InChI=1S/C32H62O4S/c1-2-3-4-5-6-7-8-9-10-11-12-15-18-21-24-27-30(37)29(32(35)36)26-23-20-17-14-13-16-19-22-25-28-31(33)34/h29-30,37H,2-28H2,1H3,(H,33,34)(H,35,36). The van der Waals surface area contributed by atoms with Gasteiger partial charge in [0.1, 0.15) is 0 Å². The van der Waals surface area contributed by atoms with Crippen LogP contribution < -0.4 is 0 Å².